The minimum atomic E-state index is 0.228. The van der Waals surface area contributed by atoms with Gasteiger partial charge in [-0.3, -0.25) is 0 Å². The average Bonchev–Trinajstić information content (AvgIpc) is 2.99. The van der Waals surface area contributed by atoms with E-state index in [1.165, 1.54) is 5.56 Å². The summed E-state index contributed by atoms with van der Waals surface area (Å²) >= 11 is 6.14. The molecule has 0 N–H and O–H groups in total. The van der Waals surface area contributed by atoms with Crippen molar-refractivity contribution in [2.24, 2.45) is 0 Å². The van der Waals surface area contributed by atoms with Crippen molar-refractivity contribution in [3.63, 3.8) is 0 Å². The lowest BCUT2D eigenvalue weighted by atomic mass is 10.1. The molecule has 2 heterocycles. The van der Waals surface area contributed by atoms with Crippen LogP contribution in [0.2, 0.25) is 5.28 Å². The predicted octanol–water partition coefficient (Wildman–Crippen LogP) is 4.20. The van der Waals surface area contributed by atoms with E-state index in [9.17, 15) is 0 Å². The number of hydrogen-bond donors (Lipinski definition) is 0. The van der Waals surface area contributed by atoms with Gasteiger partial charge in [-0.1, -0.05) is 60.7 Å². The molecule has 5 heteroatoms. The smallest absolute Gasteiger partial charge is 0.225 e. The topological polar surface area (TPSA) is 43.6 Å². The first-order valence-corrected chi connectivity index (χ1v) is 7.67. The van der Waals surface area contributed by atoms with Gasteiger partial charge in [0, 0.05) is 5.56 Å². The predicted molar refractivity (Wildman–Crippen MR) is 91.3 cm³/mol. The number of aromatic nitrogens is 4. The highest BCUT2D eigenvalue weighted by Gasteiger charge is 2.14. The van der Waals surface area contributed by atoms with Crippen LogP contribution in [0.25, 0.3) is 22.4 Å². The Morgan fingerprint density at radius 3 is 2.30 bits per heavy atom. The Morgan fingerprint density at radius 2 is 1.57 bits per heavy atom. The monoisotopic (exact) mass is 320 g/mol. The highest BCUT2D eigenvalue weighted by atomic mass is 35.5. The van der Waals surface area contributed by atoms with Gasteiger partial charge in [0.15, 0.2) is 5.65 Å². The van der Waals surface area contributed by atoms with Crippen molar-refractivity contribution in [3.05, 3.63) is 77.8 Å². The molecule has 0 spiro atoms. The van der Waals surface area contributed by atoms with Gasteiger partial charge in [0.2, 0.25) is 5.28 Å². The van der Waals surface area contributed by atoms with Crippen LogP contribution < -0.4 is 0 Å². The lowest BCUT2D eigenvalue weighted by Gasteiger charge is -2.06. The molecular formula is C18H13ClN4. The number of benzene rings is 2. The summed E-state index contributed by atoms with van der Waals surface area (Å²) < 4.78 is 1.99. The van der Waals surface area contributed by atoms with E-state index in [1.807, 2.05) is 53.1 Å². The molecule has 4 nitrogen and oxygen atoms in total. The maximum absolute atomic E-state index is 6.14. The number of rotatable bonds is 3. The van der Waals surface area contributed by atoms with E-state index in [2.05, 4.69) is 27.1 Å². The summed E-state index contributed by atoms with van der Waals surface area (Å²) in [4.78, 5) is 13.3. The van der Waals surface area contributed by atoms with E-state index in [1.54, 1.807) is 6.33 Å². The Labute approximate surface area is 138 Å². The van der Waals surface area contributed by atoms with E-state index in [-0.39, 0.29) is 5.28 Å². The Morgan fingerprint density at radius 1 is 0.870 bits per heavy atom. The van der Waals surface area contributed by atoms with Gasteiger partial charge in [-0.2, -0.15) is 4.98 Å². The molecule has 0 radical (unpaired) electrons. The fourth-order valence-corrected chi connectivity index (χ4v) is 2.78. The zero-order valence-electron chi connectivity index (χ0n) is 12.2. The van der Waals surface area contributed by atoms with Crippen LogP contribution in [0.4, 0.5) is 0 Å². The van der Waals surface area contributed by atoms with Crippen LogP contribution in [-0.4, -0.2) is 19.5 Å². The molecule has 0 atom stereocenters. The Bertz CT molecular complexity index is 949. The van der Waals surface area contributed by atoms with Crippen molar-refractivity contribution in [3.8, 4) is 11.3 Å². The number of hydrogen-bond acceptors (Lipinski definition) is 3. The highest BCUT2D eigenvalue weighted by Crippen LogP contribution is 2.26. The second kappa shape index (κ2) is 5.82. The molecule has 23 heavy (non-hydrogen) atoms. The molecule has 112 valence electrons. The lowest BCUT2D eigenvalue weighted by molar-refractivity contribution is 0.813. The zero-order valence-corrected chi connectivity index (χ0v) is 13.0. The third-order valence-corrected chi connectivity index (χ3v) is 3.85. The molecule has 2 aromatic heterocycles. The Hall–Kier alpha value is -2.72. The normalized spacial score (nSPS) is 11.0. The van der Waals surface area contributed by atoms with E-state index >= 15 is 0 Å². The van der Waals surface area contributed by atoms with Crippen LogP contribution in [0.15, 0.2) is 67.0 Å². The summed E-state index contributed by atoms with van der Waals surface area (Å²) in [6.45, 7) is 0.693. The number of imidazole rings is 1. The van der Waals surface area contributed by atoms with Gasteiger partial charge in [0.25, 0.3) is 0 Å². The summed E-state index contributed by atoms with van der Waals surface area (Å²) in [5, 5.41) is 0.228. The molecule has 0 bridgehead atoms. The molecule has 0 amide bonds. The van der Waals surface area contributed by atoms with Gasteiger partial charge < -0.3 is 4.57 Å². The van der Waals surface area contributed by atoms with Gasteiger partial charge in [-0.25, -0.2) is 9.97 Å². The highest BCUT2D eigenvalue weighted by molar-refractivity contribution is 6.28. The average molecular weight is 321 g/mol. The van der Waals surface area contributed by atoms with Crippen molar-refractivity contribution >= 4 is 22.8 Å². The van der Waals surface area contributed by atoms with Crippen LogP contribution in [0.5, 0.6) is 0 Å². The van der Waals surface area contributed by atoms with Crippen molar-refractivity contribution in [2.45, 2.75) is 6.54 Å². The summed E-state index contributed by atoms with van der Waals surface area (Å²) in [6.07, 6.45) is 1.79. The summed E-state index contributed by atoms with van der Waals surface area (Å²) in [6, 6.07) is 20.1. The second-order valence-corrected chi connectivity index (χ2v) is 5.58. The first-order valence-electron chi connectivity index (χ1n) is 7.29. The minimum Gasteiger partial charge on any atom is -0.311 e. The molecule has 0 saturated carbocycles. The Kier molecular flexibility index (Phi) is 3.52. The summed E-state index contributed by atoms with van der Waals surface area (Å²) in [5.41, 5.74) is 4.42. The van der Waals surface area contributed by atoms with Gasteiger partial charge in [0.1, 0.15) is 11.2 Å². The Balaban J connectivity index is 1.85. The van der Waals surface area contributed by atoms with Crippen molar-refractivity contribution in [1.82, 2.24) is 19.5 Å². The molecule has 0 aliphatic rings. The van der Waals surface area contributed by atoms with E-state index in [0.29, 0.717) is 6.54 Å². The van der Waals surface area contributed by atoms with Crippen molar-refractivity contribution < 1.29 is 0 Å². The number of fused-ring (bicyclic) bond motifs is 1. The fourth-order valence-electron chi connectivity index (χ4n) is 2.61. The maximum Gasteiger partial charge on any atom is 0.225 e. The van der Waals surface area contributed by atoms with Crippen LogP contribution in [0.1, 0.15) is 5.56 Å². The molecule has 2 aromatic carbocycles. The van der Waals surface area contributed by atoms with E-state index < -0.39 is 0 Å². The van der Waals surface area contributed by atoms with Crippen LogP contribution in [0, 0.1) is 0 Å². The van der Waals surface area contributed by atoms with Gasteiger partial charge >= 0.3 is 0 Å². The molecule has 0 fully saturated rings. The van der Waals surface area contributed by atoms with Gasteiger partial charge in [-0.15, -0.1) is 0 Å². The van der Waals surface area contributed by atoms with Gasteiger partial charge in [-0.05, 0) is 17.2 Å². The quantitative estimate of drug-likeness (QED) is 0.531. The van der Waals surface area contributed by atoms with Crippen molar-refractivity contribution in [2.75, 3.05) is 0 Å². The third kappa shape index (κ3) is 2.69. The minimum absolute atomic E-state index is 0.228. The van der Waals surface area contributed by atoms with E-state index in [0.717, 1.165) is 22.4 Å². The van der Waals surface area contributed by atoms with Crippen LogP contribution >= 0.6 is 11.6 Å². The third-order valence-electron chi connectivity index (χ3n) is 3.68. The molecule has 4 rings (SSSR count). The molecular weight excluding hydrogens is 308 g/mol. The van der Waals surface area contributed by atoms with Gasteiger partial charge in [0.05, 0.1) is 12.9 Å². The molecule has 0 unspecified atom stereocenters. The standard InChI is InChI=1S/C18H13ClN4/c19-18-21-15(14-9-5-2-6-10-14)16-17(22-18)23(12-20-16)11-13-7-3-1-4-8-13/h1-10,12H,11H2. The number of halogens is 1. The second-order valence-electron chi connectivity index (χ2n) is 5.24. The maximum atomic E-state index is 6.14. The summed E-state index contributed by atoms with van der Waals surface area (Å²) in [5.74, 6) is 0. The van der Waals surface area contributed by atoms with Crippen LogP contribution in [0.3, 0.4) is 0 Å². The fraction of sp³-hybridized carbons (Fsp3) is 0.0556. The first-order chi connectivity index (χ1) is 11.3. The summed E-state index contributed by atoms with van der Waals surface area (Å²) in [7, 11) is 0. The molecule has 4 aromatic rings. The molecule has 0 aliphatic heterocycles. The number of nitrogens with zero attached hydrogens (tertiary/aromatic N) is 4. The van der Waals surface area contributed by atoms with Crippen LogP contribution in [-0.2, 0) is 6.54 Å². The molecule has 0 aliphatic carbocycles. The SMILES string of the molecule is Clc1nc(-c2ccccc2)c2ncn(Cc3ccccc3)c2n1. The lowest BCUT2D eigenvalue weighted by Crippen LogP contribution is -2.00. The molecule has 0 saturated heterocycles. The van der Waals surface area contributed by atoms with E-state index in [4.69, 9.17) is 11.6 Å². The first kappa shape index (κ1) is 13.9. The largest absolute Gasteiger partial charge is 0.311 e. The zero-order chi connectivity index (χ0) is 15.6. The van der Waals surface area contributed by atoms with Crippen molar-refractivity contribution in [1.29, 1.82) is 0 Å².